The van der Waals surface area contributed by atoms with Crippen LogP contribution in [0.2, 0.25) is 0 Å². The summed E-state index contributed by atoms with van der Waals surface area (Å²) in [6.07, 6.45) is -0.307. The van der Waals surface area contributed by atoms with Gasteiger partial charge in [-0.3, -0.25) is 0 Å². The standard InChI is InChI=1S/C13H16N2O4S/c1-13(2)18-9-11(19-13)8-15-20(16,17)12-5-3-10(7-14)4-6-12/h3-6,11,15H,8-9H2,1-2H3. The Bertz CT molecular complexity index is 617. The Kier molecular flexibility index (Phi) is 4.11. The van der Waals surface area contributed by atoms with Gasteiger partial charge in [0.15, 0.2) is 5.79 Å². The highest BCUT2D eigenvalue weighted by Gasteiger charge is 2.33. The Labute approximate surface area is 118 Å². The van der Waals surface area contributed by atoms with E-state index < -0.39 is 15.8 Å². The smallest absolute Gasteiger partial charge is 0.240 e. The van der Waals surface area contributed by atoms with Crippen LogP contribution in [0.25, 0.3) is 0 Å². The molecule has 0 aromatic heterocycles. The lowest BCUT2D eigenvalue weighted by molar-refractivity contribution is -0.137. The van der Waals surface area contributed by atoms with Crippen molar-refractivity contribution in [1.29, 1.82) is 5.26 Å². The zero-order chi connectivity index (χ0) is 14.8. The van der Waals surface area contributed by atoms with Crippen molar-refractivity contribution in [2.45, 2.75) is 30.6 Å². The van der Waals surface area contributed by atoms with E-state index in [0.29, 0.717) is 12.2 Å². The zero-order valence-corrected chi connectivity index (χ0v) is 12.1. The molecule has 1 aliphatic rings. The van der Waals surface area contributed by atoms with E-state index in [-0.39, 0.29) is 17.5 Å². The molecule has 1 aliphatic heterocycles. The molecule has 1 heterocycles. The van der Waals surface area contributed by atoms with Gasteiger partial charge in [0.05, 0.1) is 29.2 Å². The minimum absolute atomic E-state index is 0.120. The van der Waals surface area contributed by atoms with Gasteiger partial charge in [-0.05, 0) is 38.1 Å². The quantitative estimate of drug-likeness (QED) is 0.895. The fourth-order valence-electron chi connectivity index (χ4n) is 1.86. The first-order valence-electron chi connectivity index (χ1n) is 6.14. The third kappa shape index (κ3) is 3.55. The second-order valence-corrected chi connectivity index (χ2v) is 6.71. The summed E-state index contributed by atoms with van der Waals surface area (Å²) in [5.74, 6) is -0.676. The van der Waals surface area contributed by atoms with E-state index >= 15 is 0 Å². The fraction of sp³-hybridized carbons (Fsp3) is 0.462. The lowest BCUT2D eigenvalue weighted by Gasteiger charge is -2.17. The van der Waals surface area contributed by atoms with Crippen molar-refractivity contribution in [3.05, 3.63) is 29.8 Å². The number of nitriles is 1. The molecule has 1 fully saturated rings. The van der Waals surface area contributed by atoms with Gasteiger partial charge in [-0.1, -0.05) is 0 Å². The molecule has 1 unspecified atom stereocenters. The summed E-state index contributed by atoms with van der Waals surface area (Å²) in [5, 5.41) is 8.68. The van der Waals surface area contributed by atoms with E-state index in [1.807, 2.05) is 6.07 Å². The van der Waals surface area contributed by atoms with Crippen LogP contribution >= 0.6 is 0 Å². The molecule has 108 valence electrons. The van der Waals surface area contributed by atoms with Crippen LogP contribution in [0.5, 0.6) is 0 Å². The van der Waals surface area contributed by atoms with Gasteiger partial charge < -0.3 is 9.47 Å². The first-order valence-corrected chi connectivity index (χ1v) is 7.62. The number of sulfonamides is 1. The van der Waals surface area contributed by atoms with Crippen LogP contribution in [0.15, 0.2) is 29.2 Å². The number of nitrogens with zero attached hydrogens (tertiary/aromatic N) is 1. The Balaban J connectivity index is 1.99. The number of ether oxygens (including phenoxy) is 2. The highest BCUT2D eigenvalue weighted by atomic mass is 32.2. The van der Waals surface area contributed by atoms with Gasteiger partial charge >= 0.3 is 0 Å². The minimum Gasteiger partial charge on any atom is -0.348 e. The van der Waals surface area contributed by atoms with Crippen molar-refractivity contribution in [3.8, 4) is 6.07 Å². The van der Waals surface area contributed by atoms with Gasteiger partial charge in [0.25, 0.3) is 0 Å². The maximum absolute atomic E-state index is 12.1. The highest BCUT2D eigenvalue weighted by Crippen LogP contribution is 2.22. The van der Waals surface area contributed by atoms with Gasteiger partial charge in [0.1, 0.15) is 0 Å². The van der Waals surface area contributed by atoms with Gasteiger partial charge in [-0.15, -0.1) is 0 Å². The van der Waals surface area contributed by atoms with Crippen molar-refractivity contribution in [1.82, 2.24) is 4.72 Å². The Morgan fingerprint density at radius 1 is 1.40 bits per heavy atom. The predicted molar refractivity (Wildman–Crippen MR) is 71.2 cm³/mol. The second kappa shape index (κ2) is 5.50. The SMILES string of the molecule is CC1(C)OCC(CNS(=O)(=O)c2ccc(C#N)cc2)O1. The van der Waals surface area contributed by atoms with Crippen molar-refractivity contribution in [2.24, 2.45) is 0 Å². The minimum atomic E-state index is -3.60. The normalized spacial score (nSPS) is 21.6. The van der Waals surface area contributed by atoms with E-state index in [0.717, 1.165) is 0 Å². The van der Waals surface area contributed by atoms with Gasteiger partial charge in [0.2, 0.25) is 10.0 Å². The van der Waals surface area contributed by atoms with Crippen LogP contribution in [0.1, 0.15) is 19.4 Å². The van der Waals surface area contributed by atoms with Gasteiger partial charge in [-0.2, -0.15) is 5.26 Å². The molecule has 0 saturated carbocycles. The maximum Gasteiger partial charge on any atom is 0.240 e. The third-order valence-corrected chi connectivity index (χ3v) is 4.30. The summed E-state index contributed by atoms with van der Waals surface area (Å²) in [7, 11) is -3.60. The van der Waals surface area contributed by atoms with E-state index in [1.165, 1.54) is 24.3 Å². The van der Waals surface area contributed by atoms with Crippen molar-refractivity contribution >= 4 is 10.0 Å². The number of hydrogen-bond acceptors (Lipinski definition) is 5. The fourth-order valence-corrected chi connectivity index (χ4v) is 2.92. The first-order chi connectivity index (χ1) is 9.32. The van der Waals surface area contributed by atoms with Crippen molar-refractivity contribution < 1.29 is 17.9 Å². The highest BCUT2D eigenvalue weighted by molar-refractivity contribution is 7.89. The summed E-state index contributed by atoms with van der Waals surface area (Å²) in [6, 6.07) is 7.67. The van der Waals surface area contributed by atoms with Crippen molar-refractivity contribution in [3.63, 3.8) is 0 Å². The van der Waals surface area contributed by atoms with Crippen molar-refractivity contribution in [2.75, 3.05) is 13.2 Å². The summed E-state index contributed by atoms with van der Waals surface area (Å²) >= 11 is 0. The molecule has 0 bridgehead atoms. The van der Waals surface area contributed by atoms with Crippen LogP contribution < -0.4 is 4.72 Å². The summed E-state index contributed by atoms with van der Waals surface area (Å²) < 4.78 is 37.5. The topological polar surface area (TPSA) is 88.4 Å². The zero-order valence-electron chi connectivity index (χ0n) is 11.3. The third-order valence-electron chi connectivity index (χ3n) is 2.86. The van der Waals surface area contributed by atoms with E-state index in [9.17, 15) is 8.42 Å². The monoisotopic (exact) mass is 296 g/mol. The van der Waals surface area contributed by atoms with Gasteiger partial charge in [0, 0.05) is 6.54 Å². The molecule has 0 radical (unpaired) electrons. The number of rotatable bonds is 4. The molecule has 1 atom stereocenters. The van der Waals surface area contributed by atoms with Crippen LogP contribution in [0, 0.1) is 11.3 Å². The Morgan fingerprint density at radius 3 is 2.55 bits per heavy atom. The molecular formula is C13H16N2O4S. The van der Waals surface area contributed by atoms with E-state index in [2.05, 4.69) is 4.72 Å². The lowest BCUT2D eigenvalue weighted by Crippen LogP contribution is -2.34. The Hall–Kier alpha value is -1.46. The number of hydrogen-bond donors (Lipinski definition) is 1. The summed E-state index contributed by atoms with van der Waals surface area (Å²) in [6.45, 7) is 4.05. The molecule has 1 saturated heterocycles. The molecule has 1 N–H and O–H groups in total. The molecule has 0 spiro atoms. The van der Waals surface area contributed by atoms with Gasteiger partial charge in [-0.25, -0.2) is 13.1 Å². The predicted octanol–water partition coefficient (Wildman–Crippen LogP) is 0.988. The molecule has 0 aliphatic carbocycles. The van der Waals surface area contributed by atoms with E-state index in [1.54, 1.807) is 13.8 Å². The molecule has 6 nitrogen and oxygen atoms in total. The molecule has 20 heavy (non-hydrogen) atoms. The first kappa shape index (κ1) is 14.9. The average Bonchev–Trinajstić information content (AvgIpc) is 2.76. The number of benzene rings is 1. The van der Waals surface area contributed by atoms with Crippen LogP contribution in [0.4, 0.5) is 0 Å². The Morgan fingerprint density at radius 2 is 2.05 bits per heavy atom. The molecule has 2 rings (SSSR count). The van der Waals surface area contributed by atoms with Crippen LogP contribution in [0.3, 0.4) is 0 Å². The molecule has 1 aromatic carbocycles. The van der Waals surface area contributed by atoms with Crippen LogP contribution in [-0.4, -0.2) is 33.5 Å². The molecule has 1 aromatic rings. The largest absolute Gasteiger partial charge is 0.348 e. The average molecular weight is 296 g/mol. The summed E-state index contributed by atoms with van der Waals surface area (Å²) in [5.41, 5.74) is 0.415. The van der Waals surface area contributed by atoms with E-state index in [4.69, 9.17) is 14.7 Å². The lowest BCUT2D eigenvalue weighted by atomic mass is 10.2. The molecular weight excluding hydrogens is 280 g/mol. The molecule has 7 heteroatoms. The molecule has 0 amide bonds. The van der Waals surface area contributed by atoms with Crippen LogP contribution in [-0.2, 0) is 19.5 Å². The summed E-state index contributed by atoms with van der Waals surface area (Å²) in [4.78, 5) is 0.120. The second-order valence-electron chi connectivity index (χ2n) is 4.94. The number of nitrogens with one attached hydrogen (secondary N) is 1. The maximum atomic E-state index is 12.1.